The second-order valence-corrected chi connectivity index (χ2v) is 9.13. The zero-order chi connectivity index (χ0) is 22.3. The van der Waals surface area contributed by atoms with Gasteiger partial charge in [0.05, 0.1) is 11.3 Å². The number of rotatable bonds is 4. The van der Waals surface area contributed by atoms with Gasteiger partial charge in [0.15, 0.2) is 0 Å². The number of aliphatic hydroxyl groups excluding tert-OH is 1. The summed E-state index contributed by atoms with van der Waals surface area (Å²) in [5.41, 5.74) is 3.86. The number of hydrogen-bond acceptors (Lipinski definition) is 4. The lowest BCUT2D eigenvalue weighted by Gasteiger charge is -2.34. The molecule has 2 aromatic rings. The molecule has 1 fully saturated rings. The molecule has 2 amide bonds. The van der Waals surface area contributed by atoms with E-state index in [2.05, 4.69) is 0 Å². The van der Waals surface area contributed by atoms with Gasteiger partial charge in [0.1, 0.15) is 5.70 Å². The second kappa shape index (κ2) is 8.65. The van der Waals surface area contributed by atoms with Crippen LogP contribution in [0.15, 0.2) is 42.1 Å². The van der Waals surface area contributed by atoms with Crippen molar-refractivity contribution >= 4 is 46.3 Å². The Morgan fingerprint density at radius 3 is 2.39 bits per heavy atom. The number of aliphatic hydroxyl groups is 1. The molecule has 1 unspecified atom stereocenters. The minimum Gasteiger partial charge on any atom is -0.396 e. The molecule has 2 aliphatic heterocycles. The van der Waals surface area contributed by atoms with E-state index in [0.717, 1.165) is 34.4 Å². The van der Waals surface area contributed by atoms with Gasteiger partial charge in [-0.3, -0.25) is 9.59 Å². The fourth-order valence-corrected chi connectivity index (χ4v) is 4.98. The number of anilines is 1. The van der Waals surface area contributed by atoms with Crippen molar-refractivity contribution < 1.29 is 14.7 Å². The Hall–Kier alpha value is -2.34. The summed E-state index contributed by atoms with van der Waals surface area (Å²) in [4.78, 5) is 30.4. The van der Waals surface area contributed by atoms with Crippen LogP contribution in [0.4, 0.5) is 5.69 Å². The number of imide groups is 1. The normalized spacial score (nSPS) is 19.6. The van der Waals surface area contributed by atoms with Gasteiger partial charge in [-0.1, -0.05) is 47.0 Å². The minimum atomic E-state index is -0.392. The van der Waals surface area contributed by atoms with Crippen LogP contribution in [0.5, 0.6) is 0 Å². The third-order valence-electron chi connectivity index (χ3n) is 5.91. The molecule has 2 aliphatic rings. The molecule has 5 nitrogen and oxygen atoms in total. The third-order valence-corrected chi connectivity index (χ3v) is 6.35. The van der Waals surface area contributed by atoms with Crippen LogP contribution >= 0.6 is 23.2 Å². The van der Waals surface area contributed by atoms with Gasteiger partial charge in [0, 0.05) is 29.7 Å². The molecule has 1 N–H and O–H groups in total. The molecule has 0 radical (unpaired) electrons. The predicted octanol–water partition coefficient (Wildman–Crippen LogP) is 4.60. The van der Waals surface area contributed by atoms with Crippen LogP contribution in [0.3, 0.4) is 0 Å². The van der Waals surface area contributed by atoms with E-state index in [9.17, 15) is 14.7 Å². The summed E-state index contributed by atoms with van der Waals surface area (Å²) in [6.07, 6.45) is 1.74. The molecule has 2 aromatic carbocycles. The Morgan fingerprint density at radius 1 is 1.03 bits per heavy atom. The molecule has 0 bridgehead atoms. The van der Waals surface area contributed by atoms with Crippen molar-refractivity contribution in [1.29, 1.82) is 0 Å². The van der Waals surface area contributed by atoms with Gasteiger partial charge < -0.3 is 10.0 Å². The first-order chi connectivity index (χ1) is 14.8. The lowest BCUT2D eigenvalue weighted by molar-refractivity contribution is -0.120. The smallest absolute Gasteiger partial charge is 0.282 e. The largest absolute Gasteiger partial charge is 0.396 e. The van der Waals surface area contributed by atoms with Gasteiger partial charge in [-0.2, -0.15) is 0 Å². The summed E-state index contributed by atoms with van der Waals surface area (Å²) in [5, 5.41) is 10.4. The molecule has 0 spiro atoms. The van der Waals surface area contributed by atoms with Gasteiger partial charge in [-0.15, -0.1) is 0 Å². The standard InChI is InChI=1S/C24H24Cl2N2O3/c1-14-5-6-20(15(2)8-14)21-22(27-7-3-4-16(12-27)13-29)24(31)28(23(21)30)19-10-17(25)9-18(26)11-19/h5-6,8-11,16,29H,3-4,7,12-13H2,1-2H3. The molecular weight excluding hydrogens is 435 g/mol. The van der Waals surface area contributed by atoms with E-state index < -0.39 is 11.8 Å². The fourth-order valence-electron chi connectivity index (χ4n) is 4.47. The molecule has 0 saturated carbocycles. The number of piperidine rings is 1. The summed E-state index contributed by atoms with van der Waals surface area (Å²) in [5.74, 6) is -0.715. The number of likely N-dealkylation sites (tertiary alicyclic amines) is 1. The highest BCUT2D eigenvalue weighted by molar-refractivity contribution is 6.46. The highest BCUT2D eigenvalue weighted by atomic mass is 35.5. The van der Waals surface area contributed by atoms with E-state index in [0.29, 0.717) is 40.1 Å². The van der Waals surface area contributed by atoms with Crippen LogP contribution < -0.4 is 4.90 Å². The molecule has 0 aliphatic carbocycles. The van der Waals surface area contributed by atoms with Crippen molar-refractivity contribution in [3.63, 3.8) is 0 Å². The van der Waals surface area contributed by atoms with E-state index in [1.165, 1.54) is 0 Å². The number of carbonyl (C=O) groups is 2. The van der Waals surface area contributed by atoms with Gasteiger partial charge >= 0.3 is 0 Å². The van der Waals surface area contributed by atoms with Crippen molar-refractivity contribution in [3.05, 3.63) is 68.8 Å². The minimum absolute atomic E-state index is 0.0540. The van der Waals surface area contributed by atoms with E-state index in [4.69, 9.17) is 23.2 Å². The monoisotopic (exact) mass is 458 g/mol. The highest BCUT2D eigenvalue weighted by Crippen LogP contribution is 2.39. The molecule has 1 saturated heterocycles. The van der Waals surface area contributed by atoms with Crippen LogP contribution in [-0.4, -0.2) is 41.5 Å². The Bertz CT molecular complexity index is 1080. The Labute approximate surface area is 191 Å². The van der Waals surface area contributed by atoms with E-state index in [1.807, 2.05) is 36.9 Å². The van der Waals surface area contributed by atoms with Crippen LogP contribution in [-0.2, 0) is 9.59 Å². The first-order valence-electron chi connectivity index (χ1n) is 10.3. The van der Waals surface area contributed by atoms with Crippen LogP contribution in [0.1, 0.15) is 29.5 Å². The first kappa shape index (κ1) is 21.9. The number of halogens is 2. The average molecular weight is 459 g/mol. The second-order valence-electron chi connectivity index (χ2n) is 8.25. The molecule has 31 heavy (non-hydrogen) atoms. The third kappa shape index (κ3) is 4.10. The average Bonchev–Trinajstić information content (AvgIpc) is 2.97. The SMILES string of the molecule is Cc1ccc(C2=C(N3CCCC(CO)C3)C(=O)N(c3cc(Cl)cc(Cl)c3)C2=O)c(C)c1. The van der Waals surface area contributed by atoms with Crippen molar-refractivity contribution in [3.8, 4) is 0 Å². The van der Waals surface area contributed by atoms with Gasteiger partial charge in [-0.05, 0) is 61.9 Å². The van der Waals surface area contributed by atoms with E-state index >= 15 is 0 Å². The number of carbonyl (C=O) groups excluding carboxylic acids is 2. The zero-order valence-corrected chi connectivity index (χ0v) is 19.0. The molecule has 4 rings (SSSR count). The highest BCUT2D eigenvalue weighted by Gasteiger charge is 2.43. The van der Waals surface area contributed by atoms with Crippen LogP contribution in [0, 0.1) is 19.8 Å². The van der Waals surface area contributed by atoms with E-state index in [-0.39, 0.29) is 12.5 Å². The first-order valence-corrected chi connectivity index (χ1v) is 11.1. The van der Waals surface area contributed by atoms with Crippen molar-refractivity contribution in [2.45, 2.75) is 26.7 Å². The number of benzene rings is 2. The molecule has 2 heterocycles. The van der Waals surface area contributed by atoms with Crippen molar-refractivity contribution in [1.82, 2.24) is 4.90 Å². The zero-order valence-electron chi connectivity index (χ0n) is 17.5. The molecule has 0 aromatic heterocycles. The number of aryl methyl sites for hydroxylation is 2. The number of amides is 2. The lowest BCUT2D eigenvalue weighted by Crippen LogP contribution is -2.40. The molecule has 162 valence electrons. The summed E-state index contributed by atoms with van der Waals surface area (Å²) in [6, 6.07) is 10.5. The summed E-state index contributed by atoms with van der Waals surface area (Å²) < 4.78 is 0. The predicted molar refractivity (Wildman–Crippen MR) is 123 cm³/mol. The lowest BCUT2D eigenvalue weighted by atomic mass is 9.95. The van der Waals surface area contributed by atoms with Gasteiger partial charge in [0.2, 0.25) is 0 Å². The van der Waals surface area contributed by atoms with E-state index in [1.54, 1.807) is 18.2 Å². The number of hydrogen-bond donors (Lipinski definition) is 1. The summed E-state index contributed by atoms with van der Waals surface area (Å²) >= 11 is 12.3. The van der Waals surface area contributed by atoms with Crippen LogP contribution in [0.25, 0.3) is 5.57 Å². The van der Waals surface area contributed by atoms with Gasteiger partial charge in [-0.25, -0.2) is 4.90 Å². The van der Waals surface area contributed by atoms with Gasteiger partial charge in [0.25, 0.3) is 11.8 Å². The number of nitrogens with zero attached hydrogens (tertiary/aromatic N) is 2. The molecule has 7 heteroatoms. The molecular formula is C24H24Cl2N2O3. The van der Waals surface area contributed by atoms with Crippen molar-refractivity contribution in [2.75, 3.05) is 24.6 Å². The Morgan fingerprint density at radius 2 is 1.74 bits per heavy atom. The fraction of sp³-hybridized carbons (Fsp3) is 0.333. The maximum Gasteiger partial charge on any atom is 0.282 e. The van der Waals surface area contributed by atoms with Crippen LogP contribution in [0.2, 0.25) is 10.0 Å². The summed E-state index contributed by atoms with van der Waals surface area (Å²) in [7, 11) is 0. The molecule has 1 atom stereocenters. The topological polar surface area (TPSA) is 60.9 Å². The maximum absolute atomic E-state index is 13.7. The summed E-state index contributed by atoms with van der Waals surface area (Å²) in [6.45, 7) is 5.17. The quantitative estimate of drug-likeness (QED) is 0.680. The maximum atomic E-state index is 13.7. The van der Waals surface area contributed by atoms with Crippen molar-refractivity contribution in [2.24, 2.45) is 5.92 Å². The Kier molecular flexibility index (Phi) is 6.11. The Balaban J connectivity index is 1.87.